The molecule has 1 amide bonds. The molecule has 39 heavy (non-hydrogen) atoms. The smallest absolute Gasteiger partial charge is 0.255 e. The first-order valence-electron chi connectivity index (χ1n) is 12.4. The predicted octanol–water partition coefficient (Wildman–Crippen LogP) is 5.44. The lowest BCUT2D eigenvalue weighted by atomic mass is 9.73. The van der Waals surface area contributed by atoms with Crippen molar-refractivity contribution in [2.75, 3.05) is 5.32 Å². The predicted molar refractivity (Wildman–Crippen MR) is 138 cm³/mol. The van der Waals surface area contributed by atoms with Crippen LogP contribution in [0.25, 0.3) is 0 Å². The fourth-order valence-electron chi connectivity index (χ4n) is 6.09. The fraction of sp³-hybridized carbons (Fsp3) is 0.321. The SMILES string of the molecule is O=C(Nc1cc(F)c(F)c(F)c1)c1ccc(Cl)c(S(=O)(=O)[C@H]2C3CC[C@H]2C[C@](O)(C(O)c2ccccc2)C3)c1. The first kappa shape index (κ1) is 27.6. The zero-order valence-electron chi connectivity index (χ0n) is 20.5. The standard InChI is InChI=1S/C28H25ClF3NO5S/c29-20-9-8-16(27(35)33-19-11-21(30)24(32)22(31)12-19)10-23(20)39(37,38)25-17-6-7-18(25)14-28(36,13-17)26(34)15-4-2-1-3-5-15/h1-5,8-12,17-18,25-26,34,36H,6-7,13-14H2,(H,33,35)/t17-,18?,25+,26?,28+/m0/s1. The highest BCUT2D eigenvalue weighted by molar-refractivity contribution is 7.92. The van der Waals surface area contributed by atoms with Crippen LogP contribution in [0.5, 0.6) is 0 Å². The van der Waals surface area contributed by atoms with Crippen LogP contribution in [0.3, 0.4) is 0 Å². The third-order valence-corrected chi connectivity index (χ3v) is 10.7. The molecule has 2 unspecified atom stereocenters. The Hall–Kier alpha value is -2.92. The normalized spacial score (nSPS) is 25.3. The van der Waals surface area contributed by atoms with Crippen LogP contribution >= 0.6 is 11.6 Å². The van der Waals surface area contributed by atoms with E-state index in [0.717, 1.165) is 6.07 Å². The van der Waals surface area contributed by atoms with Crippen LogP contribution in [0.1, 0.15) is 47.7 Å². The highest BCUT2D eigenvalue weighted by atomic mass is 35.5. The van der Waals surface area contributed by atoms with Crippen molar-refractivity contribution in [2.45, 2.75) is 47.5 Å². The zero-order valence-corrected chi connectivity index (χ0v) is 22.0. The van der Waals surface area contributed by atoms with E-state index in [4.69, 9.17) is 11.6 Å². The number of carbonyl (C=O) groups excluding carboxylic acids is 1. The minimum atomic E-state index is -4.09. The third kappa shape index (κ3) is 5.06. The number of anilines is 1. The van der Waals surface area contributed by atoms with Gasteiger partial charge in [-0.25, -0.2) is 21.6 Å². The number of amides is 1. The quantitative estimate of drug-likeness (QED) is 0.338. The molecule has 11 heteroatoms. The largest absolute Gasteiger partial charge is 0.387 e. The lowest BCUT2D eigenvalue weighted by molar-refractivity contribution is -0.113. The summed E-state index contributed by atoms with van der Waals surface area (Å²) in [5, 5.41) is 23.6. The van der Waals surface area contributed by atoms with Crippen LogP contribution in [-0.2, 0) is 9.84 Å². The van der Waals surface area contributed by atoms with Crippen molar-refractivity contribution >= 4 is 33.0 Å². The fourth-order valence-corrected chi connectivity index (χ4v) is 8.93. The Morgan fingerprint density at radius 3 is 2.15 bits per heavy atom. The topological polar surface area (TPSA) is 104 Å². The highest BCUT2D eigenvalue weighted by Gasteiger charge is 2.56. The van der Waals surface area contributed by atoms with E-state index in [1.165, 1.54) is 12.1 Å². The lowest BCUT2D eigenvalue weighted by Gasteiger charge is -2.43. The van der Waals surface area contributed by atoms with Crippen LogP contribution in [0.2, 0.25) is 5.02 Å². The summed E-state index contributed by atoms with van der Waals surface area (Å²) in [6.07, 6.45) is 0.0453. The third-order valence-electron chi connectivity index (χ3n) is 7.79. The van der Waals surface area contributed by atoms with E-state index in [1.807, 2.05) is 0 Å². The molecule has 2 aliphatic carbocycles. The van der Waals surface area contributed by atoms with Gasteiger partial charge in [-0.1, -0.05) is 41.9 Å². The molecule has 0 aromatic heterocycles. The molecule has 0 radical (unpaired) electrons. The van der Waals surface area contributed by atoms with Gasteiger partial charge in [0.15, 0.2) is 27.3 Å². The Kier molecular flexibility index (Phi) is 7.26. The summed E-state index contributed by atoms with van der Waals surface area (Å²) in [4.78, 5) is 12.5. The summed E-state index contributed by atoms with van der Waals surface area (Å²) in [6, 6.07) is 13.5. The van der Waals surface area contributed by atoms with Crippen LogP contribution in [0.15, 0.2) is 65.6 Å². The first-order chi connectivity index (χ1) is 18.4. The molecular formula is C28H25ClF3NO5S. The van der Waals surface area contributed by atoms with Crippen LogP contribution < -0.4 is 5.32 Å². The number of aliphatic hydroxyl groups is 2. The van der Waals surface area contributed by atoms with Gasteiger partial charge in [0.2, 0.25) is 0 Å². The Morgan fingerprint density at radius 1 is 0.974 bits per heavy atom. The minimum absolute atomic E-state index is 0.0724. The highest BCUT2D eigenvalue weighted by Crippen LogP contribution is 2.54. The number of fused-ring (bicyclic) bond motifs is 2. The maximum absolute atomic E-state index is 13.9. The molecule has 5 atom stereocenters. The van der Waals surface area contributed by atoms with Crippen molar-refractivity contribution < 1.29 is 36.6 Å². The number of nitrogens with one attached hydrogen (secondary N) is 1. The summed E-state index contributed by atoms with van der Waals surface area (Å²) in [6.45, 7) is 0. The van der Waals surface area contributed by atoms with Crippen molar-refractivity contribution in [3.05, 3.63) is 94.3 Å². The Bertz CT molecular complexity index is 1500. The van der Waals surface area contributed by atoms with Crippen molar-refractivity contribution in [2.24, 2.45) is 11.8 Å². The monoisotopic (exact) mass is 579 g/mol. The van der Waals surface area contributed by atoms with Gasteiger partial charge in [-0.15, -0.1) is 0 Å². The van der Waals surface area contributed by atoms with Gasteiger partial charge in [-0.05, 0) is 61.3 Å². The molecule has 3 N–H and O–H groups in total. The second-order valence-corrected chi connectivity index (χ2v) is 12.8. The van der Waals surface area contributed by atoms with E-state index in [2.05, 4.69) is 5.32 Å². The van der Waals surface area contributed by atoms with Crippen LogP contribution in [-0.4, -0.2) is 35.4 Å². The molecular weight excluding hydrogens is 555 g/mol. The molecule has 5 rings (SSSR count). The van der Waals surface area contributed by atoms with Gasteiger partial charge in [0.25, 0.3) is 5.91 Å². The maximum Gasteiger partial charge on any atom is 0.255 e. The molecule has 2 saturated carbocycles. The van der Waals surface area contributed by atoms with Gasteiger partial charge in [0, 0.05) is 23.4 Å². The number of rotatable bonds is 6. The molecule has 2 bridgehead atoms. The van der Waals surface area contributed by atoms with Gasteiger partial charge >= 0.3 is 0 Å². The number of hydrogen-bond donors (Lipinski definition) is 3. The molecule has 0 saturated heterocycles. The van der Waals surface area contributed by atoms with Gasteiger partial charge in [-0.3, -0.25) is 4.79 Å². The number of carbonyl (C=O) groups is 1. The summed E-state index contributed by atoms with van der Waals surface area (Å²) < 4.78 is 68.1. The average Bonchev–Trinajstić information content (AvgIpc) is 3.20. The molecule has 3 aromatic rings. The minimum Gasteiger partial charge on any atom is -0.387 e. The van der Waals surface area contributed by atoms with Crippen LogP contribution in [0.4, 0.5) is 18.9 Å². The first-order valence-corrected chi connectivity index (χ1v) is 14.3. The van der Waals surface area contributed by atoms with E-state index in [-0.39, 0.29) is 34.0 Å². The number of benzene rings is 3. The van der Waals surface area contributed by atoms with E-state index in [1.54, 1.807) is 30.3 Å². The Morgan fingerprint density at radius 2 is 1.56 bits per heavy atom. The van der Waals surface area contributed by atoms with Gasteiger partial charge in [0.1, 0.15) is 6.10 Å². The zero-order chi connectivity index (χ0) is 28.1. The van der Waals surface area contributed by atoms with E-state index in [9.17, 15) is 36.6 Å². The molecule has 2 aliphatic rings. The van der Waals surface area contributed by atoms with E-state index >= 15 is 0 Å². The molecule has 0 spiro atoms. The second-order valence-electron chi connectivity index (χ2n) is 10.3. The number of halogens is 4. The van der Waals surface area contributed by atoms with Crippen LogP contribution in [0, 0.1) is 29.3 Å². The summed E-state index contributed by atoms with van der Waals surface area (Å²) in [5.74, 6) is -6.44. The molecule has 2 fully saturated rings. The van der Waals surface area contributed by atoms with Crippen molar-refractivity contribution in [1.82, 2.24) is 0 Å². The summed E-state index contributed by atoms with van der Waals surface area (Å²) in [5.41, 5.74) is -1.44. The number of hydrogen-bond acceptors (Lipinski definition) is 5. The Labute approximate surface area is 228 Å². The lowest BCUT2D eigenvalue weighted by Crippen LogP contribution is -2.49. The molecule has 0 heterocycles. The Balaban J connectivity index is 1.40. The average molecular weight is 580 g/mol. The van der Waals surface area contributed by atoms with Crippen molar-refractivity contribution in [1.29, 1.82) is 0 Å². The number of aliphatic hydroxyl groups excluding tert-OH is 1. The van der Waals surface area contributed by atoms with E-state index < -0.39 is 62.0 Å². The molecule has 3 aromatic carbocycles. The molecule has 6 nitrogen and oxygen atoms in total. The number of sulfone groups is 1. The van der Waals surface area contributed by atoms with Crippen molar-refractivity contribution in [3.63, 3.8) is 0 Å². The summed E-state index contributed by atoms with van der Waals surface area (Å²) >= 11 is 6.29. The van der Waals surface area contributed by atoms with Gasteiger partial charge in [-0.2, -0.15) is 0 Å². The second kappa shape index (κ2) is 10.2. The van der Waals surface area contributed by atoms with Gasteiger partial charge in [0.05, 0.1) is 20.8 Å². The van der Waals surface area contributed by atoms with Crippen molar-refractivity contribution in [3.8, 4) is 0 Å². The van der Waals surface area contributed by atoms with Gasteiger partial charge < -0.3 is 15.5 Å². The molecule has 0 aliphatic heterocycles. The summed E-state index contributed by atoms with van der Waals surface area (Å²) in [7, 11) is -4.09. The molecule has 206 valence electrons. The maximum atomic E-state index is 13.9. The van der Waals surface area contributed by atoms with E-state index in [0.29, 0.717) is 30.5 Å².